The number of nitrogens with zero attached hydrogens (tertiary/aromatic N) is 2. The van der Waals surface area contributed by atoms with Crippen LogP contribution in [0.5, 0.6) is 0 Å². The molecule has 2 fully saturated rings. The monoisotopic (exact) mass is 459 g/mol. The number of thiazole rings is 1. The first-order valence-corrected chi connectivity index (χ1v) is 13.5. The van der Waals surface area contributed by atoms with Gasteiger partial charge in [-0.05, 0) is 49.3 Å². The van der Waals surface area contributed by atoms with Crippen molar-refractivity contribution in [3.8, 4) is 11.3 Å². The fourth-order valence-electron chi connectivity index (χ4n) is 4.85. The first-order valence-electron chi connectivity index (χ1n) is 10.8. The van der Waals surface area contributed by atoms with Crippen LogP contribution < -0.4 is 5.32 Å². The predicted molar refractivity (Wildman–Crippen MR) is 120 cm³/mol. The summed E-state index contributed by atoms with van der Waals surface area (Å²) in [6.45, 7) is 0.272. The SMILES string of the molecule is O=C(Nc1nc(-c2ccc3c(c2)CCCC3)cs1)C1CC(=O)N(C2CCS(=O)(=O)C2)C1. The Labute approximate surface area is 185 Å². The summed E-state index contributed by atoms with van der Waals surface area (Å²) in [6, 6.07) is 6.18. The maximum Gasteiger partial charge on any atom is 0.231 e. The highest BCUT2D eigenvalue weighted by atomic mass is 32.2. The van der Waals surface area contributed by atoms with Crippen molar-refractivity contribution in [1.82, 2.24) is 9.88 Å². The van der Waals surface area contributed by atoms with Crippen LogP contribution in [0.25, 0.3) is 11.3 Å². The van der Waals surface area contributed by atoms with E-state index >= 15 is 0 Å². The van der Waals surface area contributed by atoms with Crippen LogP contribution in [0.3, 0.4) is 0 Å². The third-order valence-corrected chi connectivity index (χ3v) is 9.07. The summed E-state index contributed by atoms with van der Waals surface area (Å²) in [6.07, 6.45) is 5.28. The number of carbonyl (C=O) groups is 2. The van der Waals surface area contributed by atoms with E-state index in [-0.39, 0.29) is 42.3 Å². The fraction of sp³-hybridized carbons (Fsp3) is 0.500. The van der Waals surface area contributed by atoms with Crippen molar-refractivity contribution in [2.45, 2.75) is 44.6 Å². The van der Waals surface area contributed by atoms with Crippen molar-refractivity contribution in [3.05, 3.63) is 34.7 Å². The molecule has 7 nitrogen and oxygen atoms in total. The van der Waals surface area contributed by atoms with Crippen LogP contribution in [0, 0.1) is 5.92 Å². The molecule has 9 heteroatoms. The highest BCUT2D eigenvalue weighted by Crippen LogP contribution is 2.31. The normalized spacial score (nSPS) is 24.9. The van der Waals surface area contributed by atoms with E-state index in [4.69, 9.17) is 0 Å². The first-order chi connectivity index (χ1) is 14.9. The van der Waals surface area contributed by atoms with Gasteiger partial charge in [0.15, 0.2) is 15.0 Å². The number of benzene rings is 1. The van der Waals surface area contributed by atoms with Crippen LogP contribution >= 0.6 is 11.3 Å². The third kappa shape index (κ3) is 4.25. The molecule has 31 heavy (non-hydrogen) atoms. The maximum absolute atomic E-state index is 12.7. The van der Waals surface area contributed by atoms with Gasteiger partial charge in [0.05, 0.1) is 23.1 Å². The molecule has 2 saturated heterocycles. The number of hydrogen-bond acceptors (Lipinski definition) is 6. The Morgan fingerprint density at radius 3 is 2.77 bits per heavy atom. The average molecular weight is 460 g/mol. The second-order valence-corrected chi connectivity index (χ2v) is 11.8. The average Bonchev–Trinajstić information content (AvgIpc) is 3.46. The Kier molecular flexibility index (Phi) is 5.34. The van der Waals surface area contributed by atoms with Gasteiger partial charge in [0.1, 0.15) is 0 Å². The van der Waals surface area contributed by atoms with E-state index < -0.39 is 15.8 Å². The van der Waals surface area contributed by atoms with Gasteiger partial charge in [0, 0.05) is 30.0 Å². The molecule has 2 atom stereocenters. The number of nitrogens with one attached hydrogen (secondary N) is 1. The van der Waals surface area contributed by atoms with E-state index in [1.807, 2.05) is 5.38 Å². The van der Waals surface area contributed by atoms with Crippen molar-refractivity contribution in [2.24, 2.45) is 5.92 Å². The van der Waals surface area contributed by atoms with E-state index in [0.29, 0.717) is 11.6 Å². The highest BCUT2D eigenvalue weighted by Gasteiger charge is 2.42. The quantitative estimate of drug-likeness (QED) is 0.758. The maximum atomic E-state index is 12.7. The largest absolute Gasteiger partial charge is 0.338 e. The number of anilines is 1. The Morgan fingerprint density at radius 2 is 2.00 bits per heavy atom. The molecule has 2 amide bonds. The lowest BCUT2D eigenvalue weighted by molar-refractivity contribution is -0.129. The van der Waals surface area contributed by atoms with Gasteiger partial charge >= 0.3 is 0 Å². The molecule has 2 aliphatic heterocycles. The third-order valence-electron chi connectivity index (χ3n) is 6.56. The van der Waals surface area contributed by atoms with E-state index in [2.05, 4.69) is 28.5 Å². The summed E-state index contributed by atoms with van der Waals surface area (Å²) < 4.78 is 23.5. The van der Waals surface area contributed by atoms with Crippen molar-refractivity contribution in [1.29, 1.82) is 0 Å². The molecule has 1 aromatic carbocycles. The molecule has 0 radical (unpaired) electrons. The summed E-state index contributed by atoms with van der Waals surface area (Å²) in [4.78, 5) is 31.3. The van der Waals surface area contributed by atoms with E-state index in [0.717, 1.165) is 24.1 Å². The van der Waals surface area contributed by atoms with Gasteiger partial charge in [-0.25, -0.2) is 13.4 Å². The lowest BCUT2D eigenvalue weighted by Crippen LogP contribution is -2.38. The Hall–Kier alpha value is -2.26. The van der Waals surface area contributed by atoms with Crippen molar-refractivity contribution < 1.29 is 18.0 Å². The molecule has 3 aliphatic rings. The Bertz CT molecular complexity index is 1140. The molecule has 1 aromatic heterocycles. The zero-order valence-electron chi connectivity index (χ0n) is 17.2. The van der Waals surface area contributed by atoms with Gasteiger partial charge in [-0.1, -0.05) is 12.1 Å². The van der Waals surface area contributed by atoms with Crippen LogP contribution in [0.4, 0.5) is 5.13 Å². The molecular formula is C22H25N3O4S2. The second kappa shape index (κ2) is 8.02. The molecular weight excluding hydrogens is 434 g/mol. The molecule has 0 spiro atoms. The fourth-order valence-corrected chi connectivity index (χ4v) is 7.30. The first kappa shape index (κ1) is 20.6. The molecule has 2 unspecified atom stereocenters. The smallest absolute Gasteiger partial charge is 0.231 e. The topological polar surface area (TPSA) is 96.4 Å². The van der Waals surface area contributed by atoms with Gasteiger partial charge in [-0.15, -0.1) is 11.3 Å². The van der Waals surface area contributed by atoms with Crippen molar-refractivity contribution in [3.63, 3.8) is 0 Å². The highest BCUT2D eigenvalue weighted by molar-refractivity contribution is 7.91. The molecule has 0 bridgehead atoms. The summed E-state index contributed by atoms with van der Waals surface area (Å²) in [5.74, 6) is -0.738. The van der Waals surface area contributed by atoms with Crippen LogP contribution in [-0.2, 0) is 32.3 Å². The minimum absolute atomic E-state index is 0.00367. The molecule has 0 saturated carbocycles. The zero-order valence-corrected chi connectivity index (χ0v) is 18.8. The van der Waals surface area contributed by atoms with Gasteiger partial charge in [-0.3, -0.25) is 9.59 Å². The second-order valence-electron chi connectivity index (χ2n) is 8.72. The summed E-state index contributed by atoms with van der Waals surface area (Å²) in [5, 5.41) is 5.32. The molecule has 5 rings (SSSR count). The minimum atomic E-state index is -3.07. The summed E-state index contributed by atoms with van der Waals surface area (Å²) in [7, 11) is -3.07. The van der Waals surface area contributed by atoms with Gasteiger partial charge < -0.3 is 10.2 Å². The number of fused-ring (bicyclic) bond motifs is 1. The number of carbonyl (C=O) groups excluding carboxylic acids is 2. The molecule has 3 heterocycles. The van der Waals surface area contributed by atoms with E-state index in [1.165, 1.54) is 35.3 Å². The minimum Gasteiger partial charge on any atom is -0.338 e. The molecule has 1 aliphatic carbocycles. The summed E-state index contributed by atoms with van der Waals surface area (Å²) in [5.41, 5.74) is 4.71. The number of aryl methyl sites for hydroxylation is 2. The van der Waals surface area contributed by atoms with E-state index in [9.17, 15) is 18.0 Å². The van der Waals surface area contributed by atoms with E-state index in [1.54, 1.807) is 4.90 Å². The molecule has 1 N–H and O–H groups in total. The van der Waals surface area contributed by atoms with Gasteiger partial charge in [-0.2, -0.15) is 0 Å². The number of rotatable bonds is 4. The number of hydrogen-bond donors (Lipinski definition) is 1. The van der Waals surface area contributed by atoms with Crippen LogP contribution in [-0.4, -0.2) is 54.2 Å². The van der Waals surface area contributed by atoms with Crippen molar-refractivity contribution in [2.75, 3.05) is 23.4 Å². The standard InChI is InChI=1S/C22H25N3O4S2/c26-20-10-17(11-25(20)18-7-8-31(28,29)13-18)21(27)24-22-23-19(12-30-22)16-6-5-14-3-1-2-4-15(14)9-16/h5-6,9,12,17-18H,1-4,7-8,10-11,13H2,(H,23,24,27). The lowest BCUT2D eigenvalue weighted by Gasteiger charge is -2.22. The summed E-state index contributed by atoms with van der Waals surface area (Å²) >= 11 is 1.37. The van der Waals surface area contributed by atoms with Gasteiger partial charge in [0.2, 0.25) is 11.8 Å². The number of likely N-dealkylation sites (tertiary alicyclic amines) is 1. The van der Waals surface area contributed by atoms with Crippen LogP contribution in [0.15, 0.2) is 23.6 Å². The molecule has 164 valence electrons. The Morgan fingerprint density at radius 1 is 1.19 bits per heavy atom. The van der Waals surface area contributed by atoms with Crippen LogP contribution in [0.2, 0.25) is 0 Å². The predicted octanol–water partition coefficient (Wildman–Crippen LogP) is 2.66. The number of sulfone groups is 1. The Balaban J connectivity index is 1.24. The molecule has 2 aromatic rings. The van der Waals surface area contributed by atoms with Crippen LogP contribution in [0.1, 0.15) is 36.8 Å². The number of amides is 2. The lowest BCUT2D eigenvalue weighted by atomic mass is 9.90. The zero-order chi connectivity index (χ0) is 21.6. The number of aromatic nitrogens is 1. The van der Waals surface area contributed by atoms with Gasteiger partial charge in [0.25, 0.3) is 0 Å². The van der Waals surface area contributed by atoms with Crippen molar-refractivity contribution >= 4 is 38.1 Å².